The molecule has 0 aliphatic heterocycles. The normalized spacial score (nSPS) is 19.3. The minimum absolute atomic E-state index is 0.160. The largest absolute Gasteiger partial charge is 0.495 e. The molecule has 63 heavy (non-hydrogen) atoms. The summed E-state index contributed by atoms with van der Waals surface area (Å²) in [5, 5.41) is 0. The van der Waals surface area contributed by atoms with Crippen molar-refractivity contribution < 1.29 is 17.9 Å². The van der Waals surface area contributed by atoms with E-state index in [0.29, 0.717) is 12.6 Å². The molecule has 0 saturated heterocycles. The van der Waals surface area contributed by atoms with Gasteiger partial charge < -0.3 is 14.4 Å². The third-order valence-corrected chi connectivity index (χ3v) is 16.9. The number of rotatable bonds is 48. The minimum atomic E-state index is -3.12. The first-order valence-electron chi connectivity index (χ1n) is 28.5. The van der Waals surface area contributed by atoms with Crippen molar-refractivity contribution in [1.82, 2.24) is 9.62 Å². The molecule has 0 spiro atoms. The van der Waals surface area contributed by atoms with Crippen molar-refractivity contribution in [2.75, 3.05) is 38.5 Å². The average molecular weight is 906 g/mol. The lowest BCUT2D eigenvalue weighted by Crippen LogP contribution is -2.32. The molecule has 0 aromatic heterocycles. The lowest BCUT2D eigenvalue weighted by Gasteiger charge is -2.23. The third kappa shape index (κ3) is 25.4. The van der Waals surface area contributed by atoms with Gasteiger partial charge in [-0.2, -0.15) is 0 Å². The number of hydrogen-bond acceptors (Lipinski definition) is 5. The number of fused-ring (bicyclic) bond motifs is 1. The second kappa shape index (κ2) is 35.5. The minimum Gasteiger partial charge on any atom is -0.495 e. The fourth-order valence-corrected chi connectivity index (χ4v) is 11.5. The van der Waals surface area contributed by atoms with E-state index in [4.69, 9.17) is 9.47 Å². The fraction of sp³-hybridized carbons (Fsp3) is 0.964. The van der Waals surface area contributed by atoms with Crippen molar-refractivity contribution in [3.63, 3.8) is 0 Å². The van der Waals surface area contributed by atoms with Crippen molar-refractivity contribution in [3.05, 3.63) is 11.3 Å². The predicted molar refractivity (Wildman–Crippen MR) is 273 cm³/mol. The Morgan fingerprint density at radius 3 is 1.60 bits per heavy atom. The van der Waals surface area contributed by atoms with Crippen LogP contribution < -0.4 is 4.72 Å². The summed E-state index contributed by atoms with van der Waals surface area (Å²) in [6, 6.07) is 0. The van der Waals surface area contributed by atoms with Crippen LogP contribution in [0.3, 0.4) is 0 Å². The standard InChI is InChI=1S/C56H108N2O4S/c1-6-11-15-17-21-27-36-52(37-28-22-18-16-12-7-2)62-55(51-39-40-51)38-29-23-19-25-31-46-58(48-33-45-57-63(59,60)10-5)47-32-26-20-24-30-44-56(53-41-42-54(53)56)61-49-43-50(34-13-8-3)35-14-9-4/h50,52-54,57H,6-49H2,1-5H3. The molecule has 0 heterocycles. The molecule has 0 radical (unpaired) electrons. The van der Waals surface area contributed by atoms with Crippen LogP contribution >= 0.6 is 0 Å². The molecular formula is C56H108N2O4S. The lowest BCUT2D eigenvalue weighted by atomic mass is 9.93. The van der Waals surface area contributed by atoms with Gasteiger partial charge in [-0.15, -0.1) is 0 Å². The highest BCUT2D eigenvalue weighted by atomic mass is 32.2. The zero-order valence-corrected chi connectivity index (χ0v) is 43.7. The molecule has 3 saturated carbocycles. The molecule has 3 fully saturated rings. The van der Waals surface area contributed by atoms with E-state index in [1.54, 1.807) is 12.5 Å². The van der Waals surface area contributed by atoms with Crippen molar-refractivity contribution >= 4 is 10.0 Å². The van der Waals surface area contributed by atoms with Crippen molar-refractivity contribution in [2.45, 2.75) is 290 Å². The van der Waals surface area contributed by atoms with Gasteiger partial charge in [0, 0.05) is 19.6 Å². The molecule has 0 bridgehead atoms. The van der Waals surface area contributed by atoms with Gasteiger partial charge in [0.1, 0.15) is 0 Å². The maximum absolute atomic E-state index is 12.0. The maximum Gasteiger partial charge on any atom is 0.211 e. The molecule has 0 amide bonds. The summed E-state index contributed by atoms with van der Waals surface area (Å²) < 4.78 is 40.7. The zero-order valence-electron chi connectivity index (χ0n) is 42.9. The zero-order chi connectivity index (χ0) is 45.3. The van der Waals surface area contributed by atoms with Crippen LogP contribution in [0.25, 0.3) is 0 Å². The molecule has 3 aliphatic rings. The van der Waals surface area contributed by atoms with E-state index in [9.17, 15) is 8.42 Å². The molecule has 3 rings (SSSR count). The Balaban J connectivity index is 1.33. The van der Waals surface area contributed by atoms with E-state index in [1.165, 1.54) is 237 Å². The van der Waals surface area contributed by atoms with Gasteiger partial charge in [0.15, 0.2) is 0 Å². The highest BCUT2D eigenvalue weighted by molar-refractivity contribution is 7.89. The summed E-state index contributed by atoms with van der Waals surface area (Å²) in [5.41, 5.74) is 1.87. The molecule has 0 aromatic rings. The number of allylic oxidation sites excluding steroid dienone is 2. The van der Waals surface area contributed by atoms with Crippen LogP contribution in [0, 0.1) is 17.8 Å². The van der Waals surface area contributed by atoms with E-state index in [2.05, 4.69) is 37.3 Å². The summed E-state index contributed by atoms with van der Waals surface area (Å²) in [4.78, 5) is 2.64. The van der Waals surface area contributed by atoms with Crippen LogP contribution in [-0.2, 0) is 19.5 Å². The second-order valence-corrected chi connectivity index (χ2v) is 23.0. The molecule has 1 N–H and O–H groups in total. The van der Waals surface area contributed by atoms with E-state index in [1.807, 2.05) is 0 Å². The maximum atomic E-state index is 12.0. The fourth-order valence-electron chi connectivity index (χ4n) is 10.9. The van der Waals surface area contributed by atoms with Crippen LogP contribution in [-0.4, -0.2) is 63.6 Å². The Kier molecular flexibility index (Phi) is 31.9. The molecule has 0 aromatic carbocycles. The molecule has 3 aliphatic carbocycles. The van der Waals surface area contributed by atoms with E-state index in [-0.39, 0.29) is 11.4 Å². The Morgan fingerprint density at radius 1 is 0.587 bits per heavy atom. The first kappa shape index (κ1) is 56.7. The van der Waals surface area contributed by atoms with Crippen molar-refractivity contribution in [2.24, 2.45) is 17.8 Å². The number of unbranched alkanes of at least 4 members (excludes halogenated alkanes) is 20. The van der Waals surface area contributed by atoms with Crippen LogP contribution in [0.2, 0.25) is 0 Å². The van der Waals surface area contributed by atoms with Crippen LogP contribution in [0.4, 0.5) is 0 Å². The number of nitrogens with zero attached hydrogens (tertiary/aromatic N) is 1. The summed E-state index contributed by atoms with van der Waals surface area (Å²) in [5.74, 6) is 4.16. The van der Waals surface area contributed by atoms with E-state index >= 15 is 0 Å². The smallest absolute Gasteiger partial charge is 0.211 e. The van der Waals surface area contributed by atoms with Gasteiger partial charge >= 0.3 is 0 Å². The SMILES string of the molecule is CCCCCCCCC(CCCCCCCC)OC(CCCCCCCN(CCCCCCCC1(OCCC(CCCC)CCCC)C2CCC21)CCCNS(=O)(=O)CC)=C1CC1. The van der Waals surface area contributed by atoms with E-state index < -0.39 is 10.0 Å². The second-order valence-electron chi connectivity index (χ2n) is 20.9. The topological polar surface area (TPSA) is 67.9 Å². The average Bonchev–Trinajstić information content (AvgIpc) is 4.18. The van der Waals surface area contributed by atoms with Gasteiger partial charge in [-0.05, 0) is 140 Å². The molecular weight excluding hydrogens is 797 g/mol. The highest BCUT2D eigenvalue weighted by Crippen LogP contribution is 2.68. The van der Waals surface area contributed by atoms with Crippen molar-refractivity contribution in [3.8, 4) is 0 Å². The summed E-state index contributed by atoms with van der Waals surface area (Å²) >= 11 is 0. The van der Waals surface area contributed by atoms with Gasteiger partial charge in [0.05, 0.1) is 23.2 Å². The molecule has 2 atom stereocenters. The summed E-state index contributed by atoms with van der Waals surface area (Å²) in [6.07, 6.45) is 50.3. The molecule has 372 valence electrons. The van der Waals surface area contributed by atoms with Crippen molar-refractivity contribution in [1.29, 1.82) is 0 Å². The first-order valence-corrected chi connectivity index (χ1v) is 30.2. The summed E-state index contributed by atoms with van der Waals surface area (Å²) in [6.45, 7) is 15.8. The quantitative estimate of drug-likeness (QED) is 0.0487. The highest BCUT2D eigenvalue weighted by Gasteiger charge is 2.69. The summed E-state index contributed by atoms with van der Waals surface area (Å²) in [7, 11) is -3.12. The van der Waals surface area contributed by atoms with Crippen LogP contribution in [0.1, 0.15) is 279 Å². The van der Waals surface area contributed by atoms with Crippen LogP contribution in [0.15, 0.2) is 11.3 Å². The van der Waals surface area contributed by atoms with Gasteiger partial charge in [0.25, 0.3) is 0 Å². The Hall–Kier alpha value is -0.630. The van der Waals surface area contributed by atoms with Gasteiger partial charge in [0.2, 0.25) is 10.0 Å². The molecule has 6 nitrogen and oxygen atoms in total. The third-order valence-electron chi connectivity index (χ3n) is 15.5. The Bertz CT molecular complexity index is 1200. The van der Waals surface area contributed by atoms with E-state index in [0.717, 1.165) is 56.8 Å². The monoisotopic (exact) mass is 905 g/mol. The molecule has 2 unspecified atom stereocenters. The molecule has 7 heteroatoms. The first-order chi connectivity index (χ1) is 30.8. The van der Waals surface area contributed by atoms with Crippen LogP contribution in [0.5, 0.6) is 0 Å². The Labute approximate surface area is 393 Å². The van der Waals surface area contributed by atoms with Gasteiger partial charge in [-0.25, -0.2) is 13.1 Å². The Morgan fingerprint density at radius 2 is 1.08 bits per heavy atom. The number of sulfonamides is 1. The number of hydrogen-bond donors (Lipinski definition) is 1. The lowest BCUT2D eigenvalue weighted by molar-refractivity contribution is 0.00312. The van der Waals surface area contributed by atoms with Gasteiger partial charge in [-0.1, -0.05) is 175 Å². The number of ether oxygens (including phenoxy) is 2. The van der Waals surface area contributed by atoms with Gasteiger partial charge in [-0.3, -0.25) is 0 Å². The predicted octanol–water partition coefficient (Wildman–Crippen LogP) is 16.4. The number of nitrogens with one attached hydrogen (secondary N) is 1.